The molecule has 182 valence electrons. The molecule has 0 aliphatic carbocycles. The Labute approximate surface area is 193 Å². The van der Waals surface area contributed by atoms with Crippen molar-refractivity contribution in [2.75, 3.05) is 11.1 Å². The van der Waals surface area contributed by atoms with Gasteiger partial charge in [-0.05, 0) is 33.3 Å². The van der Waals surface area contributed by atoms with Gasteiger partial charge in [-0.25, -0.2) is 4.68 Å². The highest BCUT2D eigenvalue weighted by atomic mass is 19.4. The number of nitrogens with one attached hydrogen (secondary N) is 1. The van der Waals surface area contributed by atoms with Gasteiger partial charge in [0.1, 0.15) is 28.2 Å². The number of benzene rings is 1. The molecule has 0 aliphatic rings. The zero-order valence-corrected chi connectivity index (χ0v) is 19.0. The maximum atomic E-state index is 13.2. The van der Waals surface area contributed by atoms with Gasteiger partial charge in [0, 0.05) is 17.7 Å². The predicted molar refractivity (Wildman–Crippen MR) is 119 cm³/mol. The largest absolute Gasteiger partial charge is 0.399 e. The Balaban J connectivity index is 1.74. The molecule has 0 saturated heterocycles. The van der Waals surface area contributed by atoms with Gasteiger partial charge in [-0.3, -0.25) is 14.9 Å². The van der Waals surface area contributed by atoms with Crippen LogP contribution in [0.2, 0.25) is 0 Å². The second-order valence-electron chi connectivity index (χ2n) is 8.63. The number of anilines is 2. The Morgan fingerprint density at radius 1 is 1.18 bits per heavy atom. The number of nitrogens with two attached hydrogens (primary N) is 2. The molecule has 2 aromatic heterocycles. The molecule has 0 saturated carbocycles. The molecule has 0 unspecified atom stereocenters. The van der Waals surface area contributed by atoms with E-state index in [-0.39, 0.29) is 35.4 Å². The Morgan fingerprint density at radius 2 is 1.79 bits per heavy atom. The van der Waals surface area contributed by atoms with E-state index in [2.05, 4.69) is 15.6 Å². The number of amides is 2. The topological polar surface area (TPSA) is 142 Å². The van der Waals surface area contributed by atoms with Crippen LogP contribution in [0.3, 0.4) is 0 Å². The van der Waals surface area contributed by atoms with Gasteiger partial charge in [0.15, 0.2) is 0 Å². The van der Waals surface area contributed by atoms with E-state index >= 15 is 0 Å². The van der Waals surface area contributed by atoms with Crippen molar-refractivity contribution in [2.45, 2.75) is 51.7 Å². The molecule has 0 bridgehead atoms. The number of carbonyl (C=O) groups is 2. The maximum absolute atomic E-state index is 13.2. The lowest BCUT2D eigenvalue weighted by Crippen LogP contribution is -2.36. The monoisotopic (exact) mass is 478 g/mol. The van der Waals surface area contributed by atoms with Crippen molar-refractivity contribution in [2.24, 2.45) is 5.73 Å². The van der Waals surface area contributed by atoms with Gasteiger partial charge in [0.2, 0.25) is 11.8 Å². The van der Waals surface area contributed by atoms with Crippen molar-refractivity contribution in [3.63, 3.8) is 0 Å². The summed E-state index contributed by atoms with van der Waals surface area (Å²) in [4.78, 5) is 24.3. The Kier molecular flexibility index (Phi) is 6.45. The second-order valence-corrected chi connectivity index (χ2v) is 8.63. The highest BCUT2D eigenvalue weighted by molar-refractivity contribution is 6.03. The molecule has 3 rings (SSSR count). The van der Waals surface area contributed by atoms with Crippen LogP contribution in [0.15, 0.2) is 34.9 Å². The zero-order chi connectivity index (χ0) is 25.4. The fourth-order valence-corrected chi connectivity index (χ4v) is 3.21. The summed E-state index contributed by atoms with van der Waals surface area (Å²) in [5.41, 5.74) is 10.6. The first-order valence-electron chi connectivity index (χ1n) is 10.3. The van der Waals surface area contributed by atoms with Gasteiger partial charge < -0.3 is 16.0 Å². The van der Waals surface area contributed by atoms with E-state index in [0.717, 1.165) is 19.9 Å². The van der Waals surface area contributed by atoms with Crippen LogP contribution in [-0.2, 0) is 16.6 Å². The zero-order valence-electron chi connectivity index (χ0n) is 19.0. The summed E-state index contributed by atoms with van der Waals surface area (Å²) in [5.74, 6) is -1.23. The minimum absolute atomic E-state index is 0.0791. The van der Waals surface area contributed by atoms with E-state index in [4.69, 9.17) is 16.0 Å². The van der Waals surface area contributed by atoms with Crippen LogP contribution in [0, 0.1) is 0 Å². The number of rotatable bonds is 7. The quantitative estimate of drug-likeness (QED) is 0.471. The van der Waals surface area contributed by atoms with E-state index in [1.165, 1.54) is 4.68 Å². The summed E-state index contributed by atoms with van der Waals surface area (Å²) in [5, 5.41) is 10.2. The molecule has 1 aromatic carbocycles. The highest BCUT2D eigenvalue weighted by Gasteiger charge is 2.50. The number of nitrogens with zero attached hydrogens (tertiary/aromatic N) is 3. The molecule has 0 fully saturated rings. The molecule has 34 heavy (non-hydrogen) atoms. The van der Waals surface area contributed by atoms with Crippen molar-refractivity contribution >= 4 is 23.5 Å². The lowest BCUT2D eigenvalue weighted by Gasteiger charge is -2.24. The minimum atomic E-state index is -4.53. The summed E-state index contributed by atoms with van der Waals surface area (Å²) in [6.45, 7) is 5.67. The van der Waals surface area contributed by atoms with Crippen molar-refractivity contribution in [3.8, 4) is 11.3 Å². The third kappa shape index (κ3) is 4.75. The standard InChI is InChI=1S/C22H25F3N6O3/c1-11(2)31-19(26)17(20(27)33)18(29-31)13-7-5-12(6-8-13)9-15(32)28-16-10-14(30-34-16)21(3,4)22(23,24)25/h5-8,10-11H,9,26H2,1-4H3,(H2,27,33)(H,28,32). The number of aromatic nitrogens is 3. The molecule has 9 nitrogen and oxygen atoms in total. The van der Waals surface area contributed by atoms with E-state index in [9.17, 15) is 22.8 Å². The van der Waals surface area contributed by atoms with Crippen molar-refractivity contribution in [1.82, 2.24) is 14.9 Å². The molecule has 0 spiro atoms. The third-order valence-electron chi connectivity index (χ3n) is 5.40. The number of hydrogen-bond acceptors (Lipinski definition) is 6. The van der Waals surface area contributed by atoms with Crippen LogP contribution in [0.5, 0.6) is 0 Å². The average Bonchev–Trinajstić information content (AvgIpc) is 3.32. The lowest BCUT2D eigenvalue weighted by atomic mass is 9.89. The van der Waals surface area contributed by atoms with Crippen LogP contribution >= 0.6 is 0 Å². The molecular formula is C22H25F3N6O3. The Morgan fingerprint density at radius 3 is 2.32 bits per heavy atom. The lowest BCUT2D eigenvalue weighted by molar-refractivity contribution is -0.181. The van der Waals surface area contributed by atoms with Gasteiger partial charge >= 0.3 is 6.18 Å². The smallest absolute Gasteiger partial charge is 0.383 e. The van der Waals surface area contributed by atoms with Crippen molar-refractivity contribution < 1.29 is 27.3 Å². The van der Waals surface area contributed by atoms with Crippen LogP contribution in [0.1, 0.15) is 55.4 Å². The van der Waals surface area contributed by atoms with Gasteiger partial charge in [-0.2, -0.15) is 18.3 Å². The minimum Gasteiger partial charge on any atom is -0.383 e. The first kappa shape index (κ1) is 24.8. The van der Waals surface area contributed by atoms with E-state index in [0.29, 0.717) is 16.8 Å². The number of halogens is 3. The number of primary amides is 1. The first-order chi connectivity index (χ1) is 15.7. The van der Waals surface area contributed by atoms with Crippen LogP contribution in [-0.4, -0.2) is 32.9 Å². The highest BCUT2D eigenvalue weighted by Crippen LogP contribution is 2.40. The Bertz CT molecular complexity index is 1210. The summed E-state index contributed by atoms with van der Waals surface area (Å²) in [6, 6.07) is 7.61. The summed E-state index contributed by atoms with van der Waals surface area (Å²) in [7, 11) is 0. The number of carbonyl (C=O) groups excluding carboxylic acids is 2. The van der Waals surface area contributed by atoms with Gasteiger partial charge in [-0.15, -0.1) is 0 Å². The van der Waals surface area contributed by atoms with Gasteiger partial charge in [0.05, 0.1) is 6.42 Å². The fraction of sp³-hybridized carbons (Fsp3) is 0.364. The second kappa shape index (κ2) is 8.84. The molecule has 2 heterocycles. The number of nitrogen functional groups attached to an aromatic ring is 1. The molecule has 3 aromatic rings. The normalized spacial score (nSPS) is 12.2. The summed E-state index contributed by atoms with van der Waals surface area (Å²) < 4.78 is 45.8. The maximum Gasteiger partial charge on any atom is 0.399 e. The number of hydrogen-bond donors (Lipinski definition) is 3. The first-order valence-corrected chi connectivity index (χ1v) is 10.3. The third-order valence-corrected chi connectivity index (χ3v) is 5.40. The van der Waals surface area contributed by atoms with Crippen molar-refractivity contribution in [3.05, 3.63) is 47.2 Å². The van der Waals surface area contributed by atoms with E-state index < -0.39 is 23.4 Å². The van der Waals surface area contributed by atoms with Crippen molar-refractivity contribution in [1.29, 1.82) is 0 Å². The van der Waals surface area contributed by atoms with Crippen LogP contribution in [0.4, 0.5) is 24.9 Å². The fourth-order valence-electron chi connectivity index (χ4n) is 3.21. The van der Waals surface area contributed by atoms with Gasteiger partial charge in [0.25, 0.3) is 5.91 Å². The molecule has 12 heteroatoms. The van der Waals surface area contributed by atoms with Crippen LogP contribution < -0.4 is 16.8 Å². The molecular weight excluding hydrogens is 453 g/mol. The van der Waals surface area contributed by atoms with Crippen LogP contribution in [0.25, 0.3) is 11.3 Å². The molecule has 0 radical (unpaired) electrons. The van der Waals surface area contributed by atoms with Gasteiger partial charge in [-0.1, -0.05) is 29.4 Å². The summed E-state index contributed by atoms with van der Waals surface area (Å²) >= 11 is 0. The average molecular weight is 478 g/mol. The molecule has 2 amide bonds. The molecule has 5 N–H and O–H groups in total. The number of alkyl halides is 3. The molecule has 0 atom stereocenters. The predicted octanol–water partition coefficient (Wildman–Crippen LogP) is 3.82. The summed E-state index contributed by atoms with van der Waals surface area (Å²) in [6.07, 6.45) is -4.61. The van der Waals surface area contributed by atoms with E-state index in [1.54, 1.807) is 24.3 Å². The van der Waals surface area contributed by atoms with E-state index in [1.807, 2.05) is 13.8 Å². The molecule has 0 aliphatic heterocycles. The Hall–Kier alpha value is -3.83. The SMILES string of the molecule is CC(C)n1nc(-c2ccc(CC(=O)Nc3cc(C(C)(C)C(F)(F)F)no3)cc2)c(C(N)=O)c1N.